The largest absolute Gasteiger partial charge is 0.456 e. The number of rotatable bonds is 0. The van der Waals surface area contributed by atoms with Crippen molar-refractivity contribution in [3.05, 3.63) is 96.3 Å². The molecule has 1 spiro atoms. The highest BCUT2D eigenvalue weighted by Gasteiger charge is 2.69. The molecule has 4 aromatic carbocycles. The third-order valence-corrected chi connectivity index (χ3v) is 7.42. The topological polar surface area (TPSA) is 17.0 Å². The van der Waals surface area contributed by atoms with Gasteiger partial charge in [0.1, 0.15) is 11.5 Å². The van der Waals surface area contributed by atoms with Crippen LogP contribution in [-0.4, -0.2) is 0 Å². The average Bonchev–Trinajstić information content (AvgIpc) is 3.29. The number of benzene rings is 4. The van der Waals surface area contributed by atoms with E-state index >= 15 is 0 Å². The minimum atomic E-state index is -0.450. The molecule has 0 saturated carbocycles. The molecule has 136 valence electrons. The maximum absolute atomic E-state index is 6.58. The van der Waals surface area contributed by atoms with E-state index in [1.54, 1.807) is 0 Å². The van der Waals surface area contributed by atoms with Gasteiger partial charge in [0.15, 0.2) is 23.5 Å². The first-order valence-electron chi connectivity index (χ1n) is 10.4. The first-order chi connectivity index (χ1) is 14.9. The Labute approximate surface area is 171 Å². The summed E-state index contributed by atoms with van der Waals surface area (Å²) in [5.41, 5.74) is 4.67. The summed E-state index contributed by atoms with van der Waals surface area (Å²) in [5, 5.41) is 7.68. The lowest BCUT2D eigenvalue weighted by molar-refractivity contribution is -0.945. The quantitative estimate of drug-likeness (QED) is 0.269. The third kappa shape index (κ3) is 1.18. The van der Waals surface area contributed by atoms with E-state index < -0.39 is 5.66 Å². The van der Waals surface area contributed by atoms with Crippen molar-refractivity contribution < 1.29 is 13.9 Å². The normalized spacial score (nSPS) is 15.9. The molecule has 0 aliphatic carbocycles. The molecule has 0 N–H and O–H groups in total. The van der Waals surface area contributed by atoms with Gasteiger partial charge in [-0.1, -0.05) is 24.3 Å². The van der Waals surface area contributed by atoms with Crippen molar-refractivity contribution in [2.45, 2.75) is 5.66 Å². The van der Waals surface area contributed by atoms with Crippen LogP contribution in [0.15, 0.2) is 85.2 Å². The minimum Gasteiger partial charge on any atom is -0.456 e. The standard InChI is InChI=1S/C27H14N2O/c1-3-17-7-5-15-9-11-19-23-21(15)25(17)28(13-1)27(23)24-20(30-19)12-10-16-6-8-18-4-2-14-29(27)26(18)22(16)24/h1-14H/q+2. The van der Waals surface area contributed by atoms with Crippen molar-refractivity contribution in [1.29, 1.82) is 0 Å². The predicted octanol–water partition coefficient (Wildman–Crippen LogP) is 4.90. The van der Waals surface area contributed by atoms with Crippen LogP contribution in [0, 0.1) is 0 Å². The van der Waals surface area contributed by atoms with Gasteiger partial charge in [-0.25, -0.2) is 0 Å². The smallest absolute Gasteiger partial charge is 0.425 e. The molecule has 9 rings (SSSR count). The maximum Gasteiger partial charge on any atom is 0.425 e. The van der Waals surface area contributed by atoms with Gasteiger partial charge in [-0.15, -0.1) is 9.13 Å². The van der Waals surface area contributed by atoms with Crippen LogP contribution in [0.5, 0.6) is 11.5 Å². The average molecular weight is 382 g/mol. The third-order valence-electron chi connectivity index (χ3n) is 7.42. The Balaban J connectivity index is 1.69. The number of pyridine rings is 2. The maximum atomic E-state index is 6.58. The molecular weight excluding hydrogens is 368 g/mol. The van der Waals surface area contributed by atoms with E-state index in [0.29, 0.717) is 0 Å². The molecule has 3 heteroatoms. The van der Waals surface area contributed by atoms with E-state index in [1.807, 2.05) is 0 Å². The number of ether oxygens (including phenoxy) is 1. The highest BCUT2D eigenvalue weighted by molar-refractivity contribution is 6.12. The van der Waals surface area contributed by atoms with E-state index in [2.05, 4.69) is 94.3 Å². The van der Waals surface area contributed by atoms with E-state index in [1.165, 1.54) is 54.5 Å². The zero-order valence-electron chi connectivity index (χ0n) is 15.9. The van der Waals surface area contributed by atoms with Crippen molar-refractivity contribution in [1.82, 2.24) is 0 Å². The van der Waals surface area contributed by atoms with Crippen molar-refractivity contribution in [2.75, 3.05) is 0 Å². The number of hydrogen-bond acceptors (Lipinski definition) is 1. The molecule has 0 atom stereocenters. The van der Waals surface area contributed by atoms with E-state index in [4.69, 9.17) is 4.74 Å². The Morgan fingerprint density at radius 2 is 1.00 bits per heavy atom. The molecule has 0 fully saturated rings. The van der Waals surface area contributed by atoms with Gasteiger partial charge in [-0.2, -0.15) is 0 Å². The zero-order valence-corrected chi connectivity index (χ0v) is 15.9. The van der Waals surface area contributed by atoms with Gasteiger partial charge in [-0.3, -0.25) is 0 Å². The van der Waals surface area contributed by atoms with Crippen molar-refractivity contribution in [2.24, 2.45) is 0 Å². The fourth-order valence-corrected chi connectivity index (χ4v) is 6.44. The summed E-state index contributed by atoms with van der Waals surface area (Å²) < 4.78 is 11.6. The van der Waals surface area contributed by atoms with Crippen LogP contribution in [0.3, 0.4) is 0 Å². The first kappa shape index (κ1) is 14.1. The minimum absolute atomic E-state index is 0.450. The van der Waals surface area contributed by atoms with E-state index in [9.17, 15) is 0 Å². The Morgan fingerprint density at radius 3 is 1.53 bits per heavy atom. The Bertz CT molecular complexity index is 1700. The summed E-state index contributed by atoms with van der Waals surface area (Å²) in [6.07, 6.45) is 4.49. The molecule has 0 bridgehead atoms. The lowest BCUT2D eigenvalue weighted by Gasteiger charge is -2.26. The van der Waals surface area contributed by atoms with Crippen LogP contribution in [0.4, 0.5) is 0 Å². The molecule has 3 aliphatic rings. The van der Waals surface area contributed by atoms with Gasteiger partial charge in [0.05, 0.1) is 10.8 Å². The van der Waals surface area contributed by atoms with Gasteiger partial charge < -0.3 is 4.74 Å². The summed E-state index contributed by atoms with van der Waals surface area (Å²) in [6.45, 7) is 0. The molecular formula is C27H14N2O+2. The molecule has 6 aromatic rings. The molecule has 0 saturated heterocycles. The Morgan fingerprint density at radius 1 is 0.533 bits per heavy atom. The lowest BCUT2D eigenvalue weighted by atomic mass is 9.86. The number of aromatic nitrogens is 2. The highest BCUT2D eigenvalue weighted by atomic mass is 16.5. The molecule has 3 nitrogen and oxygen atoms in total. The fraction of sp³-hybridized carbons (Fsp3) is 0.0370. The zero-order chi connectivity index (χ0) is 19.2. The summed E-state index contributed by atoms with van der Waals surface area (Å²) in [5.74, 6) is 1.92. The van der Waals surface area contributed by atoms with Crippen LogP contribution in [0.2, 0.25) is 0 Å². The summed E-state index contributed by atoms with van der Waals surface area (Å²) >= 11 is 0. The second-order valence-corrected chi connectivity index (χ2v) is 8.61. The van der Waals surface area contributed by atoms with Gasteiger partial charge in [0.2, 0.25) is 11.0 Å². The van der Waals surface area contributed by atoms with Crippen LogP contribution in [0.25, 0.3) is 43.4 Å². The lowest BCUT2D eigenvalue weighted by Crippen LogP contribution is -2.72. The van der Waals surface area contributed by atoms with Crippen LogP contribution < -0.4 is 13.9 Å². The summed E-state index contributed by atoms with van der Waals surface area (Å²) in [6, 6.07) is 26.4. The van der Waals surface area contributed by atoms with Crippen LogP contribution in [0.1, 0.15) is 11.1 Å². The summed E-state index contributed by atoms with van der Waals surface area (Å²) in [4.78, 5) is 0. The van der Waals surface area contributed by atoms with Crippen LogP contribution >= 0.6 is 0 Å². The predicted molar refractivity (Wildman–Crippen MR) is 115 cm³/mol. The van der Waals surface area contributed by atoms with Gasteiger partial charge in [0, 0.05) is 22.9 Å². The first-order valence-corrected chi connectivity index (χ1v) is 10.4. The molecule has 0 unspecified atom stereocenters. The van der Waals surface area contributed by atoms with Crippen LogP contribution in [-0.2, 0) is 5.66 Å². The van der Waals surface area contributed by atoms with E-state index in [-0.39, 0.29) is 0 Å². The van der Waals surface area contributed by atoms with Gasteiger partial charge in [-0.05, 0) is 47.2 Å². The Hall–Kier alpha value is -3.98. The summed E-state index contributed by atoms with van der Waals surface area (Å²) in [7, 11) is 0. The van der Waals surface area contributed by atoms with Gasteiger partial charge in [0.25, 0.3) is 0 Å². The number of hydrogen-bond donors (Lipinski definition) is 0. The monoisotopic (exact) mass is 382 g/mol. The van der Waals surface area contributed by atoms with Gasteiger partial charge >= 0.3 is 5.66 Å². The molecule has 0 amide bonds. The molecule has 0 radical (unpaired) electrons. The molecule has 2 aromatic heterocycles. The molecule has 5 heterocycles. The second-order valence-electron chi connectivity index (χ2n) is 8.61. The fourth-order valence-electron chi connectivity index (χ4n) is 6.44. The van der Waals surface area contributed by atoms with Crippen molar-refractivity contribution >= 4 is 43.4 Å². The number of nitrogens with zero attached hydrogens (tertiary/aromatic N) is 2. The van der Waals surface area contributed by atoms with Crippen molar-refractivity contribution in [3.63, 3.8) is 0 Å². The van der Waals surface area contributed by atoms with Crippen molar-refractivity contribution in [3.8, 4) is 11.5 Å². The highest BCUT2D eigenvalue weighted by Crippen LogP contribution is 2.56. The van der Waals surface area contributed by atoms with E-state index in [0.717, 1.165) is 11.5 Å². The molecule has 30 heavy (non-hydrogen) atoms. The Kier molecular flexibility index (Phi) is 1.94. The molecule has 3 aliphatic heterocycles. The second kappa shape index (κ2) is 4.14. The SMILES string of the molecule is c1cc2ccc3ccc4c5c3c2[n+](c1)C51c2c(ccc3ccc5ccc[n+]1c5c23)O4.